The van der Waals surface area contributed by atoms with Crippen molar-refractivity contribution in [2.45, 2.75) is 32.1 Å². The molecule has 0 saturated heterocycles. The number of ether oxygens (including phenoxy) is 1. The van der Waals surface area contributed by atoms with Crippen molar-refractivity contribution < 1.29 is 9.53 Å². The first kappa shape index (κ1) is 12.1. The van der Waals surface area contributed by atoms with Crippen molar-refractivity contribution in [3.63, 3.8) is 0 Å². The van der Waals surface area contributed by atoms with Gasteiger partial charge in [0, 0.05) is 0 Å². The van der Waals surface area contributed by atoms with Crippen LogP contribution in [-0.4, -0.2) is 19.1 Å². The van der Waals surface area contributed by atoms with Crippen LogP contribution in [0.3, 0.4) is 0 Å². The van der Waals surface area contributed by atoms with Gasteiger partial charge in [0.05, 0.1) is 12.2 Å². The molecule has 92 valence electrons. The van der Waals surface area contributed by atoms with Gasteiger partial charge in [-0.2, -0.15) is 0 Å². The van der Waals surface area contributed by atoms with E-state index >= 15 is 0 Å². The van der Waals surface area contributed by atoms with E-state index in [0.29, 0.717) is 24.6 Å². The number of hydrogen-bond acceptors (Lipinski definition) is 3. The van der Waals surface area contributed by atoms with Crippen molar-refractivity contribution in [1.29, 1.82) is 0 Å². The van der Waals surface area contributed by atoms with Gasteiger partial charge in [-0.1, -0.05) is 6.07 Å². The molecule has 0 heterocycles. The van der Waals surface area contributed by atoms with Gasteiger partial charge in [-0.15, -0.1) is 0 Å². The highest BCUT2D eigenvalue weighted by atomic mass is 16.5. The van der Waals surface area contributed by atoms with Crippen LogP contribution in [0.4, 0.5) is 0 Å². The monoisotopic (exact) mass is 233 g/mol. The number of hydrogen-bond donors (Lipinski definition) is 1. The van der Waals surface area contributed by atoms with E-state index in [4.69, 9.17) is 10.5 Å². The normalized spacial score (nSPS) is 18.6. The van der Waals surface area contributed by atoms with Crippen LogP contribution < -0.4 is 5.73 Å². The summed E-state index contributed by atoms with van der Waals surface area (Å²) in [7, 11) is 0. The maximum Gasteiger partial charge on any atom is 0.338 e. The third kappa shape index (κ3) is 2.50. The zero-order valence-electron chi connectivity index (χ0n) is 10.2. The fraction of sp³-hybridized carbons (Fsp3) is 0.500. The Labute approximate surface area is 102 Å². The molecular weight excluding hydrogens is 214 g/mol. The molecule has 3 heteroatoms. The van der Waals surface area contributed by atoms with Crippen LogP contribution in [0.15, 0.2) is 18.2 Å². The van der Waals surface area contributed by atoms with Crippen LogP contribution >= 0.6 is 0 Å². The van der Waals surface area contributed by atoms with Crippen molar-refractivity contribution in [2.24, 2.45) is 5.73 Å². The highest BCUT2D eigenvalue weighted by Gasteiger charge is 2.20. The first-order chi connectivity index (χ1) is 8.26. The molecule has 0 saturated carbocycles. The Kier molecular flexibility index (Phi) is 3.79. The van der Waals surface area contributed by atoms with Gasteiger partial charge in [0.1, 0.15) is 0 Å². The smallest absolute Gasteiger partial charge is 0.338 e. The Bertz CT molecular complexity index is 415. The van der Waals surface area contributed by atoms with E-state index in [1.807, 2.05) is 25.1 Å². The lowest BCUT2D eigenvalue weighted by molar-refractivity contribution is 0.0526. The Morgan fingerprint density at radius 3 is 3.06 bits per heavy atom. The van der Waals surface area contributed by atoms with Crippen LogP contribution in [-0.2, 0) is 11.2 Å². The maximum absolute atomic E-state index is 11.7. The second-order valence-corrected chi connectivity index (χ2v) is 4.46. The van der Waals surface area contributed by atoms with Crippen LogP contribution in [0, 0.1) is 0 Å². The predicted molar refractivity (Wildman–Crippen MR) is 67.1 cm³/mol. The first-order valence-corrected chi connectivity index (χ1v) is 6.26. The molecule has 0 aromatic heterocycles. The number of aryl methyl sites for hydroxylation is 1. The first-order valence-electron chi connectivity index (χ1n) is 6.26. The molecule has 1 aromatic carbocycles. The third-order valence-corrected chi connectivity index (χ3v) is 3.38. The molecule has 1 aromatic rings. The molecule has 3 nitrogen and oxygen atoms in total. The second-order valence-electron chi connectivity index (χ2n) is 4.46. The average Bonchev–Trinajstić information content (AvgIpc) is 2.37. The largest absolute Gasteiger partial charge is 0.462 e. The number of benzene rings is 1. The molecule has 2 N–H and O–H groups in total. The minimum Gasteiger partial charge on any atom is -0.462 e. The van der Waals surface area contributed by atoms with Gasteiger partial charge in [0.15, 0.2) is 0 Å². The molecule has 0 amide bonds. The van der Waals surface area contributed by atoms with Gasteiger partial charge in [-0.05, 0) is 61.9 Å². The zero-order valence-corrected chi connectivity index (χ0v) is 10.2. The highest BCUT2D eigenvalue weighted by Crippen LogP contribution is 2.31. The van der Waals surface area contributed by atoms with Gasteiger partial charge in [-0.3, -0.25) is 0 Å². The summed E-state index contributed by atoms with van der Waals surface area (Å²) in [6, 6.07) is 5.86. The van der Waals surface area contributed by atoms with Gasteiger partial charge in [-0.25, -0.2) is 4.79 Å². The van der Waals surface area contributed by atoms with Crippen molar-refractivity contribution >= 4 is 5.97 Å². The topological polar surface area (TPSA) is 52.3 Å². The highest BCUT2D eigenvalue weighted by molar-refractivity contribution is 5.89. The molecule has 0 aliphatic heterocycles. The Morgan fingerprint density at radius 1 is 1.53 bits per heavy atom. The van der Waals surface area contributed by atoms with Crippen molar-refractivity contribution in [2.75, 3.05) is 13.2 Å². The molecule has 1 aliphatic carbocycles. The molecular formula is C14H19NO2. The summed E-state index contributed by atoms with van der Waals surface area (Å²) in [5.74, 6) is 0.157. The average molecular weight is 233 g/mol. The Balaban J connectivity index is 2.30. The number of carbonyl (C=O) groups excluding carboxylic acids is 1. The number of fused-ring (bicyclic) bond motifs is 1. The lowest BCUT2D eigenvalue weighted by Crippen LogP contribution is -2.19. The van der Waals surface area contributed by atoms with Gasteiger partial charge in [0.2, 0.25) is 0 Å². The van der Waals surface area contributed by atoms with Crippen LogP contribution in [0.1, 0.15) is 47.2 Å². The molecule has 0 radical (unpaired) electrons. The van der Waals surface area contributed by atoms with Crippen molar-refractivity contribution in [3.05, 3.63) is 34.9 Å². The molecule has 2 rings (SSSR count). The number of carbonyl (C=O) groups is 1. The van der Waals surface area contributed by atoms with Crippen molar-refractivity contribution in [1.82, 2.24) is 0 Å². The number of nitrogens with two attached hydrogens (primary N) is 1. The quantitative estimate of drug-likeness (QED) is 0.815. The zero-order chi connectivity index (χ0) is 12.3. The molecule has 0 spiro atoms. The van der Waals surface area contributed by atoms with E-state index in [2.05, 4.69) is 0 Å². The van der Waals surface area contributed by atoms with E-state index in [0.717, 1.165) is 12.8 Å². The summed E-state index contributed by atoms with van der Waals surface area (Å²) in [5.41, 5.74) is 9.00. The van der Waals surface area contributed by atoms with Crippen LogP contribution in [0.5, 0.6) is 0 Å². The van der Waals surface area contributed by atoms with Crippen molar-refractivity contribution in [3.8, 4) is 0 Å². The molecule has 0 bridgehead atoms. The van der Waals surface area contributed by atoms with E-state index in [1.165, 1.54) is 17.5 Å². The second kappa shape index (κ2) is 5.32. The van der Waals surface area contributed by atoms with Crippen LogP contribution in [0.2, 0.25) is 0 Å². The standard InChI is InChI=1S/C14H19NO2/c1-2-17-14(16)11-7-6-10-4-3-5-12(9-15)13(10)8-11/h6-8,12H,2-5,9,15H2,1H3. The fourth-order valence-electron chi connectivity index (χ4n) is 2.48. The summed E-state index contributed by atoms with van der Waals surface area (Å²) < 4.78 is 5.02. The maximum atomic E-state index is 11.7. The SMILES string of the molecule is CCOC(=O)c1ccc2c(c1)C(CN)CCC2. The molecule has 1 unspecified atom stereocenters. The lowest BCUT2D eigenvalue weighted by Gasteiger charge is -2.24. The molecule has 1 aliphatic rings. The minimum absolute atomic E-state index is 0.239. The van der Waals surface area contributed by atoms with Gasteiger partial charge < -0.3 is 10.5 Å². The Hall–Kier alpha value is -1.35. The predicted octanol–water partition coefficient (Wildman–Crippen LogP) is 2.24. The summed E-state index contributed by atoms with van der Waals surface area (Å²) in [6.07, 6.45) is 3.40. The van der Waals surface area contributed by atoms with Crippen LogP contribution in [0.25, 0.3) is 0 Å². The van der Waals surface area contributed by atoms with E-state index in [9.17, 15) is 4.79 Å². The van der Waals surface area contributed by atoms with Gasteiger partial charge >= 0.3 is 5.97 Å². The number of esters is 1. The number of rotatable bonds is 3. The Morgan fingerprint density at radius 2 is 2.35 bits per heavy atom. The lowest BCUT2D eigenvalue weighted by atomic mass is 9.82. The molecule has 17 heavy (non-hydrogen) atoms. The summed E-state index contributed by atoms with van der Waals surface area (Å²) in [6.45, 7) is 2.88. The van der Waals surface area contributed by atoms with E-state index in [1.54, 1.807) is 0 Å². The van der Waals surface area contributed by atoms with E-state index in [-0.39, 0.29) is 5.97 Å². The molecule has 0 fully saturated rings. The molecule has 1 atom stereocenters. The summed E-state index contributed by atoms with van der Waals surface area (Å²) in [5, 5.41) is 0. The minimum atomic E-state index is -0.239. The van der Waals surface area contributed by atoms with Gasteiger partial charge in [0.25, 0.3) is 0 Å². The fourth-order valence-corrected chi connectivity index (χ4v) is 2.48. The van der Waals surface area contributed by atoms with E-state index < -0.39 is 0 Å². The third-order valence-electron chi connectivity index (χ3n) is 3.38. The summed E-state index contributed by atoms with van der Waals surface area (Å²) in [4.78, 5) is 11.7. The summed E-state index contributed by atoms with van der Waals surface area (Å²) >= 11 is 0.